The number of ether oxygens (including phenoxy) is 1. The molecule has 3 heterocycles. The topological polar surface area (TPSA) is 71.8 Å². The summed E-state index contributed by atoms with van der Waals surface area (Å²) in [6, 6.07) is 3.25. The van der Waals surface area contributed by atoms with Crippen molar-refractivity contribution in [3.05, 3.63) is 28.2 Å². The Bertz CT molecular complexity index is 738. The number of aromatic nitrogens is 1. The van der Waals surface area contributed by atoms with E-state index in [-0.39, 0.29) is 11.7 Å². The molecule has 2 saturated heterocycles. The van der Waals surface area contributed by atoms with Crippen LogP contribution in [0.25, 0.3) is 0 Å². The molecular weight excluding hydrogens is 318 g/mol. The van der Waals surface area contributed by atoms with Gasteiger partial charge in [-0.3, -0.25) is 4.79 Å². The second-order valence-corrected chi connectivity index (χ2v) is 8.16. The van der Waals surface area contributed by atoms with Crippen LogP contribution in [-0.4, -0.2) is 53.9 Å². The lowest BCUT2D eigenvalue weighted by molar-refractivity contribution is 0.213. The fourth-order valence-corrected chi connectivity index (χ4v) is 4.82. The van der Waals surface area contributed by atoms with Crippen LogP contribution in [0.5, 0.6) is 5.75 Å². The summed E-state index contributed by atoms with van der Waals surface area (Å²) in [5.41, 5.74) is 0.687. The highest BCUT2D eigenvalue weighted by Gasteiger charge is 2.37. The van der Waals surface area contributed by atoms with Crippen molar-refractivity contribution >= 4 is 10.2 Å². The molecule has 1 aromatic heterocycles. The fraction of sp³-hybridized carbons (Fsp3) is 0.667. The minimum atomic E-state index is -3.37. The molecule has 2 fully saturated rings. The number of rotatable bonds is 4. The van der Waals surface area contributed by atoms with E-state index < -0.39 is 10.2 Å². The molecule has 128 valence electrons. The van der Waals surface area contributed by atoms with Crippen molar-refractivity contribution in [2.75, 3.05) is 26.2 Å². The predicted molar refractivity (Wildman–Crippen MR) is 86.8 cm³/mol. The smallest absolute Gasteiger partial charge is 0.282 e. The molecule has 23 heavy (non-hydrogen) atoms. The molecule has 0 saturated carbocycles. The standard InChI is InChI=1S/C15H23N3O4S/c1-12-9-14(10-15(19)16(12)2)22-13-5-8-18(11-13)23(20,21)17-6-3-4-7-17/h9-10,13H,3-8,11H2,1-2H3. The van der Waals surface area contributed by atoms with Gasteiger partial charge in [0.25, 0.3) is 15.8 Å². The van der Waals surface area contributed by atoms with Gasteiger partial charge < -0.3 is 9.30 Å². The summed E-state index contributed by atoms with van der Waals surface area (Å²) in [5, 5.41) is 0. The fourth-order valence-electron chi connectivity index (χ4n) is 3.08. The third-order valence-corrected chi connectivity index (χ3v) is 6.61. The molecule has 2 aliphatic rings. The zero-order valence-electron chi connectivity index (χ0n) is 13.6. The Kier molecular flexibility index (Phi) is 4.48. The van der Waals surface area contributed by atoms with E-state index in [2.05, 4.69) is 0 Å². The number of hydrogen-bond donors (Lipinski definition) is 0. The molecule has 0 aliphatic carbocycles. The van der Waals surface area contributed by atoms with Crippen molar-refractivity contribution in [3.63, 3.8) is 0 Å². The van der Waals surface area contributed by atoms with Crippen LogP contribution in [0.2, 0.25) is 0 Å². The lowest BCUT2D eigenvalue weighted by Gasteiger charge is -2.23. The van der Waals surface area contributed by atoms with E-state index in [4.69, 9.17) is 4.74 Å². The highest BCUT2D eigenvalue weighted by molar-refractivity contribution is 7.86. The van der Waals surface area contributed by atoms with Gasteiger partial charge in [0.1, 0.15) is 11.9 Å². The van der Waals surface area contributed by atoms with Crippen molar-refractivity contribution in [2.45, 2.75) is 32.3 Å². The molecule has 7 nitrogen and oxygen atoms in total. The Morgan fingerprint density at radius 3 is 2.48 bits per heavy atom. The molecule has 0 radical (unpaired) electrons. The summed E-state index contributed by atoms with van der Waals surface area (Å²) < 4.78 is 35.5. The maximum absolute atomic E-state index is 12.5. The first-order chi connectivity index (χ1) is 10.9. The quantitative estimate of drug-likeness (QED) is 0.799. The normalized spacial score (nSPS) is 23.5. The van der Waals surface area contributed by atoms with Gasteiger partial charge in [0.05, 0.1) is 6.54 Å². The highest BCUT2D eigenvalue weighted by Crippen LogP contribution is 2.23. The van der Waals surface area contributed by atoms with Gasteiger partial charge in [-0.25, -0.2) is 0 Å². The summed E-state index contributed by atoms with van der Waals surface area (Å²) in [6.45, 7) is 3.87. The molecule has 1 aromatic rings. The molecule has 0 amide bonds. The van der Waals surface area contributed by atoms with Gasteiger partial charge in [0.15, 0.2) is 0 Å². The summed E-state index contributed by atoms with van der Waals surface area (Å²) >= 11 is 0. The summed E-state index contributed by atoms with van der Waals surface area (Å²) in [6.07, 6.45) is 2.29. The minimum Gasteiger partial charge on any atom is -0.489 e. The number of pyridine rings is 1. The summed E-state index contributed by atoms with van der Waals surface area (Å²) in [5.74, 6) is 0.510. The molecule has 3 rings (SSSR count). The van der Waals surface area contributed by atoms with Gasteiger partial charge in [-0.1, -0.05) is 0 Å². The molecule has 0 spiro atoms. The van der Waals surface area contributed by atoms with Crippen LogP contribution in [0.4, 0.5) is 0 Å². The number of nitrogens with zero attached hydrogens (tertiary/aromatic N) is 3. The Labute approximate surface area is 136 Å². The van der Waals surface area contributed by atoms with Gasteiger partial charge in [-0.15, -0.1) is 0 Å². The van der Waals surface area contributed by atoms with Crippen LogP contribution in [0.1, 0.15) is 25.0 Å². The first-order valence-corrected chi connectivity index (χ1v) is 9.37. The molecule has 8 heteroatoms. The average molecular weight is 341 g/mol. The molecule has 1 unspecified atom stereocenters. The molecule has 0 bridgehead atoms. The highest BCUT2D eigenvalue weighted by atomic mass is 32.2. The lowest BCUT2D eigenvalue weighted by atomic mass is 10.3. The van der Waals surface area contributed by atoms with Crippen LogP contribution in [-0.2, 0) is 17.3 Å². The Morgan fingerprint density at radius 1 is 1.13 bits per heavy atom. The Morgan fingerprint density at radius 2 is 1.83 bits per heavy atom. The van der Waals surface area contributed by atoms with E-state index in [1.807, 2.05) is 6.92 Å². The molecule has 0 N–H and O–H groups in total. The van der Waals surface area contributed by atoms with Crippen LogP contribution in [0, 0.1) is 6.92 Å². The van der Waals surface area contributed by atoms with Crippen molar-refractivity contribution in [3.8, 4) is 5.75 Å². The third-order valence-electron chi connectivity index (χ3n) is 4.60. The van der Waals surface area contributed by atoms with E-state index in [9.17, 15) is 13.2 Å². The Hall–Kier alpha value is -1.38. The van der Waals surface area contributed by atoms with Gasteiger partial charge in [0.2, 0.25) is 0 Å². The average Bonchev–Trinajstić information content (AvgIpc) is 3.16. The first kappa shape index (κ1) is 16.5. The molecule has 1 atom stereocenters. The van der Waals surface area contributed by atoms with E-state index in [1.165, 1.54) is 10.4 Å². The van der Waals surface area contributed by atoms with Crippen LogP contribution < -0.4 is 10.3 Å². The van der Waals surface area contributed by atoms with Crippen molar-refractivity contribution < 1.29 is 13.2 Å². The molecule has 2 aliphatic heterocycles. The van der Waals surface area contributed by atoms with Gasteiger partial charge in [-0.2, -0.15) is 17.0 Å². The minimum absolute atomic E-state index is 0.125. The van der Waals surface area contributed by atoms with E-state index in [0.29, 0.717) is 38.3 Å². The maximum Gasteiger partial charge on any atom is 0.282 e. The predicted octanol–water partition coefficient (Wildman–Crippen LogP) is 0.487. The SMILES string of the molecule is Cc1cc(OC2CCN(S(=O)(=O)N3CCCC3)C2)cc(=O)n1C. The van der Waals surface area contributed by atoms with Crippen LogP contribution >= 0.6 is 0 Å². The summed E-state index contributed by atoms with van der Waals surface area (Å²) in [7, 11) is -1.66. The molecular formula is C15H23N3O4S. The van der Waals surface area contributed by atoms with Crippen molar-refractivity contribution in [1.29, 1.82) is 0 Å². The first-order valence-electron chi connectivity index (χ1n) is 7.97. The summed E-state index contributed by atoms with van der Waals surface area (Å²) in [4.78, 5) is 11.8. The van der Waals surface area contributed by atoms with E-state index >= 15 is 0 Å². The molecule has 0 aromatic carbocycles. The van der Waals surface area contributed by atoms with Crippen LogP contribution in [0.15, 0.2) is 16.9 Å². The van der Waals surface area contributed by atoms with Crippen molar-refractivity contribution in [1.82, 2.24) is 13.2 Å². The van der Waals surface area contributed by atoms with E-state index in [1.54, 1.807) is 22.0 Å². The van der Waals surface area contributed by atoms with Gasteiger partial charge >= 0.3 is 0 Å². The van der Waals surface area contributed by atoms with Crippen LogP contribution in [0.3, 0.4) is 0 Å². The third kappa shape index (κ3) is 3.29. The van der Waals surface area contributed by atoms with Crippen molar-refractivity contribution in [2.24, 2.45) is 7.05 Å². The largest absolute Gasteiger partial charge is 0.489 e. The maximum atomic E-state index is 12.5. The van der Waals surface area contributed by atoms with Gasteiger partial charge in [-0.05, 0) is 32.3 Å². The van der Waals surface area contributed by atoms with E-state index in [0.717, 1.165) is 18.5 Å². The van der Waals surface area contributed by atoms with Gasteiger partial charge in [0, 0.05) is 38.4 Å². The zero-order chi connectivity index (χ0) is 16.6. The number of hydrogen-bond acceptors (Lipinski definition) is 4. The monoisotopic (exact) mass is 341 g/mol. The number of aryl methyl sites for hydroxylation is 1. The zero-order valence-corrected chi connectivity index (χ0v) is 14.4. The second kappa shape index (κ2) is 6.26. The lowest BCUT2D eigenvalue weighted by Crippen LogP contribution is -2.41. The second-order valence-electron chi connectivity index (χ2n) is 6.23. The Balaban J connectivity index is 1.67.